The Hall–Kier alpha value is -3.73. The van der Waals surface area contributed by atoms with E-state index in [-0.39, 0.29) is 6.17 Å². The fourth-order valence-corrected chi connectivity index (χ4v) is 5.16. The number of nitrogens with zero attached hydrogens (tertiary/aromatic N) is 1. The number of benzene rings is 5. The third kappa shape index (κ3) is 5.42. The maximum Gasteiger partial charge on any atom is 0.145 e. The van der Waals surface area contributed by atoms with Gasteiger partial charge in [0.15, 0.2) is 0 Å². The molecule has 184 valence electrons. The molecule has 2 nitrogen and oxygen atoms in total. The van der Waals surface area contributed by atoms with Crippen molar-refractivity contribution in [2.75, 3.05) is 0 Å². The lowest BCUT2D eigenvalue weighted by Crippen LogP contribution is -2.24. The lowest BCUT2D eigenvalue weighted by molar-refractivity contribution is 0.664. The van der Waals surface area contributed by atoms with Crippen LogP contribution in [0.2, 0.25) is 0 Å². The highest BCUT2D eigenvalue weighted by molar-refractivity contribution is 9.10. The van der Waals surface area contributed by atoms with E-state index >= 15 is 0 Å². The molecule has 5 aromatic carbocycles. The van der Waals surface area contributed by atoms with Crippen molar-refractivity contribution in [2.24, 2.45) is 4.99 Å². The molecule has 0 radical (unpaired) electrons. The van der Waals surface area contributed by atoms with E-state index in [1.165, 1.54) is 22.3 Å². The average Bonchev–Trinajstić information content (AvgIpc) is 2.98. The van der Waals surface area contributed by atoms with Crippen LogP contribution in [-0.2, 0) is 0 Å². The highest BCUT2D eigenvalue weighted by atomic mass is 79.9. The van der Waals surface area contributed by atoms with Crippen molar-refractivity contribution < 1.29 is 0 Å². The largest absolute Gasteiger partial charge is 0.360 e. The minimum Gasteiger partial charge on any atom is -0.360 e. The van der Waals surface area contributed by atoms with Crippen molar-refractivity contribution in [3.05, 3.63) is 159 Å². The number of halogens is 2. The van der Waals surface area contributed by atoms with Gasteiger partial charge in [-0.15, -0.1) is 0 Å². The molecule has 0 bridgehead atoms. The standard InChI is InChI=1S/C34H24Br2N2/c35-30-17-13-26(14-18-30)33-22-32(37-34(38-33)27-15-19-31(36)20-16-27)25-11-9-24(10-12-25)29-8-4-7-28(21-29)23-5-2-1-3-6-23/h1-22,34,37H. The Morgan fingerprint density at radius 3 is 1.68 bits per heavy atom. The zero-order valence-electron chi connectivity index (χ0n) is 20.5. The number of allylic oxidation sites excluding steroid dienone is 1. The Bertz CT molecular complexity index is 1620. The summed E-state index contributed by atoms with van der Waals surface area (Å²) in [6.45, 7) is 0. The van der Waals surface area contributed by atoms with Gasteiger partial charge in [0.1, 0.15) is 6.17 Å². The first kappa shape index (κ1) is 24.6. The predicted molar refractivity (Wildman–Crippen MR) is 166 cm³/mol. The van der Waals surface area contributed by atoms with Gasteiger partial charge in [-0.25, -0.2) is 0 Å². The first-order valence-corrected chi connectivity index (χ1v) is 14.0. The maximum absolute atomic E-state index is 5.06. The smallest absolute Gasteiger partial charge is 0.145 e. The van der Waals surface area contributed by atoms with Gasteiger partial charge in [0.25, 0.3) is 0 Å². The summed E-state index contributed by atoms with van der Waals surface area (Å²) >= 11 is 7.09. The number of rotatable bonds is 5. The summed E-state index contributed by atoms with van der Waals surface area (Å²) in [5.74, 6) is 0. The van der Waals surface area contributed by atoms with Gasteiger partial charge in [0.05, 0.1) is 5.71 Å². The Labute approximate surface area is 240 Å². The van der Waals surface area contributed by atoms with E-state index < -0.39 is 0 Å². The summed E-state index contributed by atoms with van der Waals surface area (Å²) in [6.07, 6.45) is 1.97. The van der Waals surface area contributed by atoms with Crippen LogP contribution in [0.25, 0.3) is 28.0 Å². The topological polar surface area (TPSA) is 24.4 Å². The Kier molecular flexibility index (Phi) is 7.08. The van der Waals surface area contributed by atoms with Gasteiger partial charge in [-0.2, -0.15) is 0 Å². The molecule has 0 amide bonds. The van der Waals surface area contributed by atoms with Gasteiger partial charge in [0, 0.05) is 14.6 Å². The third-order valence-corrected chi connectivity index (χ3v) is 7.72. The van der Waals surface area contributed by atoms with Crippen molar-refractivity contribution in [2.45, 2.75) is 6.17 Å². The van der Waals surface area contributed by atoms with Crippen molar-refractivity contribution in [3.8, 4) is 22.3 Å². The van der Waals surface area contributed by atoms with Gasteiger partial charge in [-0.1, -0.05) is 129 Å². The van der Waals surface area contributed by atoms with Gasteiger partial charge in [-0.3, -0.25) is 4.99 Å². The zero-order chi connectivity index (χ0) is 25.9. The Balaban J connectivity index is 1.33. The summed E-state index contributed by atoms with van der Waals surface area (Å²) in [5.41, 5.74) is 10.2. The monoisotopic (exact) mass is 618 g/mol. The van der Waals surface area contributed by atoms with Gasteiger partial charge in [0.2, 0.25) is 0 Å². The number of hydrogen-bond acceptors (Lipinski definition) is 2. The molecular weight excluding hydrogens is 596 g/mol. The van der Waals surface area contributed by atoms with Crippen LogP contribution in [0.5, 0.6) is 0 Å². The minimum absolute atomic E-state index is 0.177. The summed E-state index contributed by atoms with van der Waals surface area (Å²) in [4.78, 5) is 5.06. The molecule has 1 unspecified atom stereocenters. The summed E-state index contributed by atoms with van der Waals surface area (Å²) in [5, 5.41) is 3.66. The summed E-state index contributed by atoms with van der Waals surface area (Å²) in [7, 11) is 0. The van der Waals surface area contributed by atoms with E-state index in [4.69, 9.17) is 4.99 Å². The number of aliphatic imine (C=N–C) groups is 1. The summed E-state index contributed by atoms with van der Waals surface area (Å²) in [6, 6.07) is 44.6. The Morgan fingerprint density at radius 1 is 0.500 bits per heavy atom. The molecule has 4 heteroatoms. The Morgan fingerprint density at radius 2 is 1.03 bits per heavy atom. The van der Waals surface area contributed by atoms with Crippen molar-refractivity contribution >= 4 is 43.3 Å². The minimum atomic E-state index is -0.177. The predicted octanol–water partition coefficient (Wildman–Crippen LogP) is 9.68. The first-order valence-electron chi connectivity index (χ1n) is 12.5. The maximum atomic E-state index is 5.06. The van der Waals surface area contributed by atoms with Crippen molar-refractivity contribution in [1.82, 2.24) is 5.32 Å². The molecule has 1 aliphatic heterocycles. The fraction of sp³-hybridized carbons (Fsp3) is 0.0294. The van der Waals surface area contributed by atoms with Crippen LogP contribution in [-0.4, -0.2) is 5.71 Å². The highest BCUT2D eigenvalue weighted by Gasteiger charge is 2.19. The molecule has 38 heavy (non-hydrogen) atoms. The molecule has 0 aromatic heterocycles. The summed E-state index contributed by atoms with van der Waals surface area (Å²) < 4.78 is 2.10. The SMILES string of the molecule is Brc1ccc(C2=NC(c3ccc(Br)cc3)NC(c3ccc(-c4cccc(-c5ccccc5)c4)cc3)=C2)cc1. The molecule has 5 aromatic rings. The van der Waals surface area contributed by atoms with Crippen LogP contribution in [0.4, 0.5) is 0 Å². The van der Waals surface area contributed by atoms with E-state index in [1.54, 1.807) is 0 Å². The molecular formula is C34H24Br2N2. The number of nitrogens with one attached hydrogen (secondary N) is 1. The number of hydrogen-bond donors (Lipinski definition) is 1. The molecule has 0 aliphatic carbocycles. The second-order valence-corrected chi connectivity index (χ2v) is 11.0. The van der Waals surface area contributed by atoms with Crippen molar-refractivity contribution in [3.63, 3.8) is 0 Å². The van der Waals surface area contributed by atoms with Gasteiger partial charge in [-0.05, 0) is 75.4 Å². The van der Waals surface area contributed by atoms with E-state index in [9.17, 15) is 0 Å². The van der Waals surface area contributed by atoms with E-state index in [0.717, 1.165) is 37.0 Å². The van der Waals surface area contributed by atoms with Crippen molar-refractivity contribution in [1.29, 1.82) is 0 Å². The lowest BCUT2D eigenvalue weighted by Gasteiger charge is -2.25. The molecule has 1 N–H and O–H groups in total. The van der Waals surface area contributed by atoms with Crippen LogP contribution in [0.15, 0.2) is 147 Å². The normalized spacial score (nSPS) is 14.8. The second kappa shape index (κ2) is 10.9. The lowest BCUT2D eigenvalue weighted by atomic mass is 9.97. The van der Waals surface area contributed by atoms with Crippen LogP contribution < -0.4 is 5.32 Å². The average molecular weight is 620 g/mol. The molecule has 0 saturated heterocycles. The molecule has 0 spiro atoms. The van der Waals surface area contributed by atoms with E-state index in [2.05, 4.69) is 165 Å². The quantitative estimate of drug-likeness (QED) is 0.208. The zero-order valence-corrected chi connectivity index (χ0v) is 23.7. The molecule has 6 rings (SSSR count). The fourth-order valence-electron chi connectivity index (χ4n) is 4.63. The molecule has 0 saturated carbocycles. The first-order chi connectivity index (χ1) is 18.6. The molecule has 0 fully saturated rings. The van der Waals surface area contributed by atoms with Crippen LogP contribution in [0.1, 0.15) is 22.9 Å². The van der Waals surface area contributed by atoms with Crippen LogP contribution >= 0.6 is 31.9 Å². The molecule has 1 heterocycles. The van der Waals surface area contributed by atoms with Gasteiger partial charge < -0.3 is 5.32 Å². The molecule has 1 aliphatic rings. The molecule has 1 atom stereocenters. The van der Waals surface area contributed by atoms with Gasteiger partial charge >= 0.3 is 0 Å². The van der Waals surface area contributed by atoms with Crippen LogP contribution in [0, 0.1) is 0 Å². The second-order valence-electron chi connectivity index (χ2n) is 9.20. The van der Waals surface area contributed by atoms with E-state index in [1.807, 2.05) is 6.07 Å². The third-order valence-electron chi connectivity index (χ3n) is 6.67. The van der Waals surface area contributed by atoms with E-state index in [0.29, 0.717) is 0 Å². The highest BCUT2D eigenvalue weighted by Crippen LogP contribution is 2.30. The van der Waals surface area contributed by atoms with Crippen LogP contribution in [0.3, 0.4) is 0 Å².